The monoisotopic (exact) mass is 448 g/mol. The van der Waals surface area contributed by atoms with Crippen molar-refractivity contribution in [2.45, 2.75) is 25.5 Å². The fraction of sp³-hybridized carbons (Fsp3) is 0.231. The van der Waals surface area contributed by atoms with Crippen LogP contribution in [0.4, 0.5) is 5.69 Å². The predicted octanol–water partition coefficient (Wildman–Crippen LogP) is 3.41. The number of benzene rings is 3. The predicted molar refractivity (Wildman–Crippen MR) is 126 cm³/mol. The van der Waals surface area contributed by atoms with Gasteiger partial charge in [-0.25, -0.2) is 0 Å². The van der Waals surface area contributed by atoms with Gasteiger partial charge < -0.3 is 25.2 Å². The lowest BCUT2D eigenvalue weighted by Gasteiger charge is -2.22. The van der Waals surface area contributed by atoms with E-state index in [4.69, 9.17) is 9.47 Å². The van der Waals surface area contributed by atoms with E-state index >= 15 is 0 Å². The van der Waals surface area contributed by atoms with Crippen molar-refractivity contribution < 1.29 is 24.2 Å². The fourth-order valence-corrected chi connectivity index (χ4v) is 3.73. The van der Waals surface area contributed by atoms with Gasteiger partial charge >= 0.3 is 0 Å². The number of hydrogen-bond donors (Lipinski definition) is 3. The molecular weight excluding hydrogens is 420 g/mol. The lowest BCUT2D eigenvalue weighted by molar-refractivity contribution is -0.109. The Balaban J connectivity index is 1.91. The first-order valence-corrected chi connectivity index (χ1v) is 10.6. The highest BCUT2D eigenvalue weighted by molar-refractivity contribution is 5.76. The smallest absolute Gasteiger partial charge is 0.211 e. The molecule has 3 aromatic carbocycles. The number of aliphatic hydroxyl groups is 1. The van der Waals surface area contributed by atoms with E-state index in [1.807, 2.05) is 54.6 Å². The van der Waals surface area contributed by atoms with E-state index in [1.54, 1.807) is 19.2 Å². The third kappa shape index (κ3) is 6.33. The van der Waals surface area contributed by atoms with Crippen LogP contribution in [-0.2, 0) is 29.2 Å². The second kappa shape index (κ2) is 12.3. The average Bonchev–Trinajstić information content (AvgIpc) is 2.86. The van der Waals surface area contributed by atoms with Gasteiger partial charge in [0.1, 0.15) is 6.61 Å². The van der Waals surface area contributed by atoms with E-state index in [2.05, 4.69) is 10.6 Å². The van der Waals surface area contributed by atoms with Crippen LogP contribution in [0.2, 0.25) is 0 Å². The van der Waals surface area contributed by atoms with E-state index in [-0.39, 0.29) is 12.5 Å². The largest absolute Gasteiger partial charge is 0.493 e. The molecule has 3 rings (SSSR count). The van der Waals surface area contributed by atoms with Gasteiger partial charge in [0, 0.05) is 24.2 Å². The van der Waals surface area contributed by atoms with Crippen molar-refractivity contribution >= 4 is 18.5 Å². The minimum Gasteiger partial charge on any atom is -0.493 e. The molecule has 0 bridgehead atoms. The summed E-state index contributed by atoms with van der Waals surface area (Å²) in [5.74, 6) is 0.676. The molecule has 172 valence electrons. The Bertz CT molecular complexity index is 1060. The number of aliphatic hydroxyl groups excluding tert-OH is 1. The van der Waals surface area contributed by atoms with Crippen molar-refractivity contribution in [2.75, 3.05) is 19.0 Å². The molecule has 3 aromatic rings. The molecule has 0 radical (unpaired) electrons. The van der Waals surface area contributed by atoms with Gasteiger partial charge in [-0.3, -0.25) is 9.59 Å². The standard InChI is InChI=1S/C26H28N2O5/c1-32-25-12-23(22(15-29)11-20-9-5-6-10-21(20)14-27-17-30)24(28-18-31)13-26(25)33-16-19-7-3-2-4-8-19/h2-10,12-13,17-18,22,29H,11,14-16H2,1H3,(H,27,30)(H,28,31). The summed E-state index contributed by atoms with van der Waals surface area (Å²) in [6.45, 7) is 0.598. The molecule has 1 unspecified atom stereocenters. The molecule has 3 N–H and O–H groups in total. The van der Waals surface area contributed by atoms with Gasteiger partial charge in [0.2, 0.25) is 12.8 Å². The van der Waals surface area contributed by atoms with E-state index in [0.29, 0.717) is 49.6 Å². The van der Waals surface area contributed by atoms with Crippen LogP contribution in [0.25, 0.3) is 0 Å². The third-order valence-electron chi connectivity index (χ3n) is 5.41. The van der Waals surface area contributed by atoms with Gasteiger partial charge in [0.05, 0.1) is 13.7 Å². The normalized spacial score (nSPS) is 11.3. The number of carbonyl (C=O) groups is 2. The molecule has 33 heavy (non-hydrogen) atoms. The van der Waals surface area contributed by atoms with Crippen molar-refractivity contribution in [1.82, 2.24) is 5.32 Å². The molecule has 7 heteroatoms. The molecule has 2 amide bonds. The summed E-state index contributed by atoms with van der Waals surface area (Å²) in [6, 6.07) is 21.0. The first kappa shape index (κ1) is 23.8. The minimum atomic E-state index is -0.318. The minimum absolute atomic E-state index is 0.143. The van der Waals surface area contributed by atoms with Gasteiger partial charge in [0.25, 0.3) is 0 Å². The second-order valence-electron chi connectivity index (χ2n) is 7.48. The Morgan fingerprint density at radius 1 is 0.939 bits per heavy atom. The van der Waals surface area contributed by atoms with Crippen LogP contribution in [0, 0.1) is 0 Å². The Morgan fingerprint density at radius 2 is 1.67 bits per heavy atom. The molecule has 0 aliphatic heterocycles. The van der Waals surface area contributed by atoms with Gasteiger partial charge in [-0.2, -0.15) is 0 Å². The van der Waals surface area contributed by atoms with Gasteiger partial charge in [-0.15, -0.1) is 0 Å². The summed E-state index contributed by atoms with van der Waals surface area (Å²) in [5, 5.41) is 15.6. The summed E-state index contributed by atoms with van der Waals surface area (Å²) in [4.78, 5) is 22.1. The zero-order valence-electron chi connectivity index (χ0n) is 18.5. The van der Waals surface area contributed by atoms with Gasteiger partial charge in [-0.05, 0) is 34.7 Å². The van der Waals surface area contributed by atoms with Crippen LogP contribution in [-0.4, -0.2) is 31.6 Å². The highest BCUT2D eigenvalue weighted by atomic mass is 16.5. The summed E-state index contributed by atoms with van der Waals surface area (Å²) < 4.78 is 11.5. The van der Waals surface area contributed by atoms with Crippen LogP contribution in [0.15, 0.2) is 66.7 Å². The molecule has 0 heterocycles. The zero-order chi connectivity index (χ0) is 23.5. The quantitative estimate of drug-likeness (QED) is 0.348. The first-order valence-electron chi connectivity index (χ1n) is 10.6. The number of ether oxygens (including phenoxy) is 2. The number of amides is 2. The molecule has 0 aliphatic carbocycles. The number of hydrogen-bond acceptors (Lipinski definition) is 5. The van der Waals surface area contributed by atoms with E-state index in [1.165, 1.54) is 0 Å². The fourth-order valence-electron chi connectivity index (χ4n) is 3.73. The van der Waals surface area contributed by atoms with Gasteiger partial charge in [0.15, 0.2) is 11.5 Å². The first-order chi connectivity index (χ1) is 16.2. The zero-order valence-corrected chi connectivity index (χ0v) is 18.5. The molecule has 0 aliphatic rings. The van der Waals surface area contributed by atoms with Crippen molar-refractivity contribution in [3.63, 3.8) is 0 Å². The number of nitrogens with one attached hydrogen (secondary N) is 2. The van der Waals surface area contributed by atoms with Gasteiger partial charge in [-0.1, -0.05) is 54.6 Å². The van der Waals surface area contributed by atoms with Crippen LogP contribution in [0.1, 0.15) is 28.2 Å². The second-order valence-corrected chi connectivity index (χ2v) is 7.48. The lowest BCUT2D eigenvalue weighted by atomic mass is 9.89. The van der Waals surface area contributed by atoms with Crippen LogP contribution in [0.3, 0.4) is 0 Å². The van der Waals surface area contributed by atoms with E-state index in [9.17, 15) is 14.7 Å². The summed E-state index contributed by atoms with van der Waals surface area (Å²) in [7, 11) is 1.55. The number of rotatable bonds is 13. The maximum atomic E-state index is 11.3. The van der Waals surface area contributed by atoms with Crippen molar-refractivity contribution in [2.24, 2.45) is 0 Å². The van der Waals surface area contributed by atoms with Crippen LogP contribution in [0.5, 0.6) is 11.5 Å². The third-order valence-corrected chi connectivity index (χ3v) is 5.41. The van der Waals surface area contributed by atoms with E-state index in [0.717, 1.165) is 22.3 Å². The molecule has 7 nitrogen and oxygen atoms in total. The molecule has 0 spiro atoms. The Labute approximate surface area is 193 Å². The molecule has 0 saturated carbocycles. The maximum absolute atomic E-state index is 11.3. The number of anilines is 1. The molecular formula is C26H28N2O5. The molecule has 0 aromatic heterocycles. The molecule has 0 saturated heterocycles. The molecule has 1 atom stereocenters. The van der Waals surface area contributed by atoms with Crippen molar-refractivity contribution in [3.8, 4) is 11.5 Å². The highest BCUT2D eigenvalue weighted by Crippen LogP contribution is 2.38. The summed E-state index contributed by atoms with van der Waals surface area (Å²) in [5.41, 5.74) is 4.22. The SMILES string of the molecule is COc1cc(C(CO)Cc2ccccc2CNC=O)c(NC=O)cc1OCc1ccccc1. The number of methoxy groups -OCH3 is 1. The van der Waals surface area contributed by atoms with Crippen molar-refractivity contribution in [1.29, 1.82) is 0 Å². The Kier molecular flexibility index (Phi) is 8.85. The van der Waals surface area contributed by atoms with Crippen molar-refractivity contribution in [3.05, 3.63) is 89.0 Å². The number of carbonyl (C=O) groups excluding carboxylic acids is 2. The van der Waals surface area contributed by atoms with Crippen LogP contribution >= 0.6 is 0 Å². The topological polar surface area (TPSA) is 96.9 Å². The maximum Gasteiger partial charge on any atom is 0.211 e. The Hall–Kier alpha value is -3.84. The van der Waals surface area contributed by atoms with Crippen LogP contribution < -0.4 is 20.1 Å². The van der Waals surface area contributed by atoms with E-state index < -0.39 is 0 Å². The average molecular weight is 449 g/mol. The highest BCUT2D eigenvalue weighted by Gasteiger charge is 2.21. The molecule has 0 fully saturated rings. The Morgan fingerprint density at radius 3 is 2.33 bits per heavy atom. The summed E-state index contributed by atoms with van der Waals surface area (Å²) in [6.07, 6.45) is 1.77. The lowest BCUT2D eigenvalue weighted by Crippen LogP contribution is -2.15. The summed E-state index contributed by atoms with van der Waals surface area (Å²) >= 11 is 0.